The number of carboxylic acid groups (broad SMARTS) is 1. The minimum atomic E-state index is -1.04. The van der Waals surface area contributed by atoms with Crippen LogP contribution in [0, 0.1) is 5.92 Å². The molecule has 1 aliphatic rings. The number of hydrogen-bond donors (Lipinski definition) is 1. The van der Waals surface area contributed by atoms with Crippen LogP contribution in [-0.4, -0.2) is 39.5 Å². The lowest BCUT2D eigenvalue weighted by atomic mass is 9.74. The van der Waals surface area contributed by atoms with Gasteiger partial charge in [-0.15, -0.1) is 0 Å². The maximum absolute atomic E-state index is 13.7. The molecule has 1 amide bonds. The molecule has 4 atom stereocenters. The lowest BCUT2D eigenvalue weighted by Crippen LogP contribution is -2.51. The predicted octanol–water partition coefficient (Wildman–Crippen LogP) is 6.26. The minimum Gasteiger partial charge on any atom is -0.481 e. The number of piperidine rings is 1. The van der Waals surface area contributed by atoms with Gasteiger partial charge < -0.3 is 14.7 Å². The first-order valence-corrected chi connectivity index (χ1v) is 12.4. The van der Waals surface area contributed by atoms with Gasteiger partial charge in [-0.25, -0.2) is 0 Å². The largest absolute Gasteiger partial charge is 0.481 e. The topological polar surface area (TPSA) is 83.9 Å². The van der Waals surface area contributed by atoms with Crippen molar-refractivity contribution in [2.45, 2.75) is 70.6 Å². The van der Waals surface area contributed by atoms with Gasteiger partial charge in [0.2, 0.25) is 5.91 Å². The Bertz CT molecular complexity index is 1080. The van der Waals surface area contributed by atoms with Gasteiger partial charge in [-0.3, -0.25) is 14.4 Å². The average molecular weight is 520 g/mol. The van der Waals surface area contributed by atoms with Gasteiger partial charge in [-0.2, -0.15) is 0 Å². The molecule has 1 N–H and O–H groups in total. The Morgan fingerprint density at radius 1 is 1.09 bits per heavy atom. The fourth-order valence-corrected chi connectivity index (χ4v) is 5.11. The Labute approximate surface area is 216 Å². The summed E-state index contributed by atoms with van der Waals surface area (Å²) in [5.74, 6) is -2.73. The quantitative estimate of drug-likeness (QED) is 0.436. The number of amides is 1. The highest BCUT2D eigenvalue weighted by Gasteiger charge is 2.46. The van der Waals surface area contributed by atoms with Gasteiger partial charge in [0.25, 0.3) is 0 Å². The number of hydrogen-bond acceptors (Lipinski definition) is 4. The van der Waals surface area contributed by atoms with Crippen LogP contribution in [0.5, 0.6) is 0 Å². The molecule has 4 unspecified atom stereocenters. The highest BCUT2D eigenvalue weighted by atomic mass is 35.5. The molecule has 0 saturated carbocycles. The number of benzene rings is 2. The SMILES string of the molecule is CC(CC(=O)OC(C)(C)C)N1C(=O)C(CC(=O)O)CC(c2cccc(Cl)c2)C1c1ccc(Cl)cc1. The van der Waals surface area contributed by atoms with Crippen LogP contribution >= 0.6 is 23.2 Å². The van der Waals surface area contributed by atoms with Crippen molar-refractivity contribution < 1.29 is 24.2 Å². The normalized spacial score (nSPS) is 21.5. The van der Waals surface area contributed by atoms with Gasteiger partial charge in [-0.05, 0) is 69.5 Å². The molecule has 1 aliphatic heterocycles. The number of carboxylic acids is 1. The van der Waals surface area contributed by atoms with Crippen LogP contribution < -0.4 is 0 Å². The molecule has 0 spiro atoms. The second kappa shape index (κ2) is 11.0. The van der Waals surface area contributed by atoms with E-state index in [1.54, 1.807) is 50.8 Å². The van der Waals surface area contributed by atoms with Gasteiger partial charge in [-0.1, -0.05) is 47.5 Å². The van der Waals surface area contributed by atoms with Gasteiger partial charge in [0, 0.05) is 27.9 Å². The van der Waals surface area contributed by atoms with E-state index in [4.69, 9.17) is 27.9 Å². The Balaban J connectivity index is 2.09. The van der Waals surface area contributed by atoms with E-state index in [1.165, 1.54) is 0 Å². The van der Waals surface area contributed by atoms with Gasteiger partial charge >= 0.3 is 11.9 Å². The summed E-state index contributed by atoms with van der Waals surface area (Å²) in [7, 11) is 0. The van der Waals surface area contributed by atoms with E-state index in [0.29, 0.717) is 16.5 Å². The molecular formula is C27H31Cl2NO5. The number of carbonyl (C=O) groups is 3. The van der Waals surface area contributed by atoms with E-state index in [1.807, 2.05) is 30.3 Å². The molecule has 1 fully saturated rings. The average Bonchev–Trinajstić information content (AvgIpc) is 2.73. The van der Waals surface area contributed by atoms with E-state index in [-0.39, 0.29) is 24.7 Å². The molecule has 188 valence electrons. The molecule has 2 aromatic carbocycles. The number of carbonyl (C=O) groups excluding carboxylic acids is 2. The first-order chi connectivity index (χ1) is 16.4. The highest BCUT2D eigenvalue weighted by Crippen LogP contribution is 2.47. The third kappa shape index (κ3) is 6.98. The Morgan fingerprint density at radius 2 is 1.74 bits per heavy atom. The monoisotopic (exact) mass is 519 g/mol. The van der Waals surface area contributed by atoms with Crippen molar-refractivity contribution in [2.75, 3.05) is 0 Å². The number of ether oxygens (including phenoxy) is 1. The lowest BCUT2D eigenvalue weighted by Gasteiger charge is -2.47. The molecule has 0 radical (unpaired) electrons. The van der Waals surface area contributed by atoms with Crippen molar-refractivity contribution in [3.8, 4) is 0 Å². The van der Waals surface area contributed by atoms with Crippen molar-refractivity contribution in [1.29, 1.82) is 0 Å². The molecular weight excluding hydrogens is 489 g/mol. The number of likely N-dealkylation sites (tertiary alicyclic amines) is 1. The number of nitrogens with zero attached hydrogens (tertiary/aromatic N) is 1. The Morgan fingerprint density at radius 3 is 2.31 bits per heavy atom. The molecule has 0 aliphatic carbocycles. The zero-order valence-electron chi connectivity index (χ0n) is 20.3. The number of rotatable bonds is 7. The lowest BCUT2D eigenvalue weighted by molar-refractivity contribution is -0.160. The van der Waals surface area contributed by atoms with E-state index in [9.17, 15) is 19.5 Å². The summed E-state index contributed by atoms with van der Waals surface area (Å²) in [5, 5.41) is 10.6. The zero-order chi connectivity index (χ0) is 25.9. The van der Waals surface area contributed by atoms with Crippen LogP contribution in [0.1, 0.15) is 70.0 Å². The summed E-state index contributed by atoms with van der Waals surface area (Å²) in [5.41, 5.74) is 1.08. The molecule has 0 aromatic heterocycles. The Kier molecular flexibility index (Phi) is 8.50. The van der Waals surface area contributed by atoms with Crippen molar-refractivity contribution in [3.63, 3.8) is 0 Å². The maximum Gasteiger partial charge on any atom is 0.308 e. The van der Waals surface area contributed by atoms with Crippen molar-refractivity contribution in [2.24, 2.45) is 5.92 Å². The Hall–Kier alpha value is -2.57. The van der Waals surface area contributed by atoms with Gasteiger partial charge in [0.1, 0.15) is 5.60 Å². The molecule has 6 nitrogen and oxygen atoms in total. The van der Waals surface area contributed by atoms with E-state index in [0.717, 1.165) is 11.1 Å². The molecule has 1 heterocycles. The van der Waals surface area contributed by atoms with Crippen LogP contribution in [0.2, 0.25) is 10.0 Å². The second-order valence-electron chi connectivity index (χ2n) is 10.1. The van der Waals surface area contributed by atoms with Crippen LogP contribution in [-0.2, 0) is 19.1 Å². The third-order valence-corrected chi connectivity index (χ3v) is 6.58. The molecule has 3 rings (SSSR count). The minimum absolute atomic E-state index is 0.0187. The van der Waals surface area contributed by atoms with Crippen molar-refractivity contribution in [3.05, 3.63) is 69.7 Å². The summed E-state index contributed by atoms with van der Waals surface area (Å²) in [4.78, 5) is 39.7. The number of aliphatic carboxylic acids is 1. The van der Waals surface area contributed by atoms with Crippen LogP contribution in [0.3, 0.4) is 0 Å². The standard InChI is InChI=1S/C27H31Cl2NO5/c1-16(12-24(33)35-27(2,3)4)30-25(17-8-10-20(28)11-9-17)22(18-6-5-7-21(29)13-18)14-19(26(30)34)15-23(31)32/h5-11,13,16,19,22,25H,12,14-15H2,1-4H3,(H,31,32). The molecule has 0 bridgehead atoms. The molecule has 1 saturated heterocycles. The number of halogens is 2. The van der Waals surface area contributed by atoms with Gasteiger partial charge in [0.15, 0.2) is 0 Å². The molecule has 2 aromatic rings. The van der Waals surface area contributed by atoms with E-state index >= 15 is 0 Å². The summed E-state index contributed by atoms with van der Waals surface area (Å²) in [6.45, 7) is 7.16. The van der Waals surface area contributed by atoms with Crippen molar-refractivity contribution >= 4 is 41.0 Å². The summed E-state index contributed by atoms with van der Waals surface area (Å²) < 4.78 is 5.50. The van der Waals surface area contributed by atoms with Crippen LogP contribution in [0.15, 0.2) is 48.5 Å². The summed E-state index contributed by atoms with van der Waals surface area (Å²) in [6.07, 6.45) is 0.0302. The van der Waals surface area contributed by atoms with Crippen LogP contribution in [0.25, 0.3) is 0 Å². The fraction of sp³-hybridized carbons (Fsp3) is 0.444. The fourth-order valence-electron chi connectivity index (χ4n) is 4.78. The van der Waals surface area contributed by atoms with E-state index < -0.39 is 35.5 Å². The van der Waals surface area contributed by atoms with Gasteiger partial charge in [0.05, 0.1) is 18.9 Å². The molecule has 8 heteroatoms. The second-order valence-corrected chi connectivity index (χ2v) is 10.9. The maximum atomic E-state index is 13.7. The summed E-state index contributed by atoms with van der Waals surface area (Å²) >= 11 is 12.4. The third-order valence-electron chi connectivity index (χ3n) is 6.09. The molecule has 35 heavy (non-hydrogen) atoms. The smallest absolute Gasteiger partial charge is 0.308 e. The zero-order valence-corrected chi connectivity index (χ0v) is 21.8. The predicted molar refractivity (Wildman–Crippen MR) is 136 cm³/mol. The first kappa shape index (κ1) is 27.0. The summed E-state index contributed by atoms with van der Waals surface area (Å²) in [6, 6.07) is 13.7. The first-order valence-electron chi connectivity index (χ1n) is 11.6. The van der Waals surface area contributed by atoms with E-state index in [2.05, 4.69) is 0 Å². The number of esters is 1. The highest BCUT2D eigenvalue weighted by molar-refractivity contribution is 6.30. The van der Waals surface area contributed by atoms with Crippen molar-refractivity contribution in [1.82, 2.24) is 4.90 Å². The van der Waals surface area contributed by atoms with Crippen LogP contribution in [0.4, 0.5) is 0 Å².